The Bertz CT molecular complexity index is 405. The minimum Gasteiger partial charge on any atom is -0.481 e. The molecular formula is C13H23N3O5. The van der Waals surface area contributed by atoms with E-state index in [0.29, 0.717) is 6.54 Å². The van der Waals surface area contributed by atoms with Gasteiger partial charge in [0.15, 0.2) is 0 Å². The molecule has 0 aromatic rings. The molecule has 1 heterocycles. The fourth-order valence-corrected chi connectivity index (χ4v) is 2.21. The molecule has 0 saturated carbocycles. The molecule has 8 heteroatoms. The molecular weight excluding hydrogens is 278 g/mol. The molecule has 0 aromatic heterocycles. The standard InChI is InChI=1S/C13H23N3O5/c1-13(3-5-16(2)6-4-13)8-14-12(21)15-9(11(19)20)7-10(17)18/h9H,3-8H2,1-2H3,(H,17,18)(H,19,20)(H2,14,15,21). The molecule has 1 aliphatic rings. The van der Waals surface area contributed by atoms with Gasteiger partial charge in [-0.25, -0.2) is 9.59 Å². The van der Waals surface area contributed by atoms with Gasteiger partial charge < -0.3 is 25.7 Å². The van der Waals surface area contributed by atoms with Crippen molar-refractivity contribution in [1.82, 2.24) is 15.5 Å². The maximum Gasteiger partial charge on any atom is 0.326 e. The Morgan fingerprint density at radius 2 is 1.81 bits per heavy atom. The van der Waals surface area contributed by atoms with Gasteiger partial charge in [0.1, 0.15) is 6.04 Å². The Balaban J connectivity index is 2.42. The largest absolute Gasteiger partial charge is 0.481 e. The van der Waals surface area contributed by atoms with Crippen LogP contribution in [0, 0.1) is 5.41 Å². The van der Waals surface area contributed by atoms with E-state index in [0.717, 1.165) is 25.9 Å². The SMILES string of the molecule is CN1CCC(C)(CNC(=O)NC(CC(=O)O)C(=O)O)CC1. The fraction of sp³-hybridized carbons (Fsp3) is 0.769. The lowest BCUT2D eigenvalue weighted by Gasteiger charge is -2.38. The third kappa shape index (κ3) is 5.99. The van der Waals surface area contributed by atoms with E-state index in [2.05, 4.69) is 22.5 Å². The fourth-order valence-electron chi connectivity index (χ4n) is 2.21. The number of rotatable bonds is 6. The number of amides is 2. The van der Waals surface area contributed by atoms with E-state index < -0.39 is 30.4 Å². The van der Waals surface area contributed by atoms with E-state index in [9.17, 15) is 14.4 Å². The van der Waals surface area contributed by atoms with Crippen LogP contribution in [0.3, 0.4) is 0 Å². The number of urea groups is 1. The van der Waals surface area contributed by atoms with E-state index in [4.69, 9.17) is 10.2 Å². The van der Waals surface area contributed by atoms with Gasteiger partial charge in [0, 0.05) is 6.54 Å². The summed E-state index contributed by atoms with van der Waals surface area (Å²) in [6, 6.07) is -2.07. The molecule has 120 valence electrons. The maximum atomic E-state index is 11.7. The number of nitrogens with zero attached hydrogens (tertiary/aromatic N) is 1. The lowest BCUT2D eigenvalue weighted by atomic mass is 9.80. The van der Waals surface area contributed by atoms with Crippen LogP contribution in [0.4, 0.5) is 4.79 Å². The number of nitrogens with one attached hydrogen (secondary N) is 2. The summed E-state index contributed by atoms with van der Waals surface area (Å²) < 4.78 is 0. The van der Waals surface area contributed by atoms with Crippen LogP contribution in [0.2, 0.25) is 0 Å². The molecule has 0 radical (unpaired) electrons. The quantitative estimate of drug-likeness (QED) is 0.546. The molecule has 2 amide bonds. The molecule has 0 bridgehead atoms. The van der Waals surface area contributed by atoms with E-state index in [1.807, 2.05) is 7.05 Å². The predicted molar refractivity (Wildman–Crippen MR) is 75.0 cm³/mol. The highest BCUT2D eigenvalue weighted by Crippen LogP contribution is 2.29. The topological polar surface area (TPSA) is 119 Å². The van der Waals surface area contributed by atoms with E-state index in [1.54, 1.807) is 0 Å². The molecule has 4 N–H and O–H groups in total. The number of carbonyl (C=O) groups is 3. The van der Waals surface area contributed by atoms with E-state index >= 15 is 0 Å². The summed E-state index contributed by atoms with van der Waals surface area (Å²) in [4.78, 5) is 35.3. The first kappa shape index (κ1) is 17.2. The van der Waals surface area contributed by atoms with Crippen molar-refractivity contribution in [3.63, 3.8) is 0 Å². The molecule has 8 nitrogen and oxygen atoms in total. The van der Waals surface area contributed by atoms with Crippen molar-refractivity contribution in [3.05, 3.63) is 0 Å². The van der Waals surface area contributed by atoms with Crippen molar-refractivity contribution >= 4 is 18.0 Å². The first-order valence-electron chi connectivity index (χ1n) is 6.89. The minimum absolute atomic E-state index is 0.0185. The third-order valence-electron chi connectivity index (χ3n) is 3.85. The van der Waals surface area contributed by atoms with E-state index in [-0.39, 0.29) is 5.41 Å². The monoisotopic (exact) mass is 301 g/mol. The summed E-state index contributed by atoms with van der Waals surface area (Å²) in [5.74, 6) is -2.64. The minimum atomic E-state index is -1.42. The van der Waals surface area contributed by atoms with Gasteiger partial charge in [0.2, 0.25) is 0 Å². The number of carbonyl (C=O) groups excluding carboxylic acids is 1. The summed E-state index contributed by atoms with van der Waals surface area (Å²) in [5.41, 5.74) is -0.0185. The first-order valence-corrected chi connectivity index (χ1v) is 6.89. The number of carboxylic acid groups (broad SMARTS) is 2. The van der Waals surface area contributed by atoms with Gasteiger partial charge in [-0.3, -0.25) is 4.79 Å². The van der Waals surface area contributed by atoms with E-state index in [1.165, 1.54) is 0 Å². The van der Waals surface area contributed by atoms with Crippen LogP contribution < -0.4 is 10.6 Å². The third-order valence-corrected chi connectivity index (χ3v) is 3.85. The number of hydrogen-bond donors (Lipinski definition) is 4. The van der Waals surface area contributed by atoms with Crippen LogP contribution in [0.1, 0.15) is 26.2 Å². The normalized spacial score (nSPS) is 19.5. The van der Waals surface area contributed by atoms with Crippen molar-refractivity contribution in [3.8, 4) is 0 Å². The molecule has 1 unspecified atom stereocenters. The van der Waals surface area contributed by atoms with Gasteiger partial charge in [-0.1, -0.05) is 6.92 Å². The number of piperidine rings is 1. The second kappa shape index (κ2) is 7.26. The highest BCUT2D eigenvalue weighted by molar-refractivity contribution is 5.86. The first-order chi connectivity index (χ1) is 9.72. The Morgan fingerprint density at radius 3 is 2.29 bits per heavy atom. The Labute approximate surface area is 123 Å². The lowest BCUT2D eigenvalue weighted by molar-refractivity contribution is -0.145. The van der Waals surface area contributed by atoms with Crippen LogP contribution in [-0.2, 0) is 9.59 Å². The van der Waals surface area contributed by atoms with Crippen LogP contribution in [0.25, 0.3) is 0 Å². The molecule has 1 saturated heterocycles. The summed E-state index contributed by atoms with van der Waals surface area (Å²) in [6.07, 6.45) is 1.24. The summed E-state index contributed by atoms with van der Waals surface area (Å²) >= 11 is 0. The maximum absolute atomic E-state index is 11.7. The van der Waals surface area contributed by atoms with Gasteiger partial charge in [0.25, 0.3) is 0 Å². The Hall–Kier alpha value is -1.83. The van der Waals surface area contributed by atoms with Crippen LogP contribution in [-0.4, -0.2) is 65.8 Å². The Morgan fingerprint density at radius 1 is 1.24 bits per heavy atom. The van der Waals surface area contributed by atoms with Crippen molar-refractivity contribution < 1.29 is 24.6 Å². The zero-order valence-electron chi connectivity index (χ0n) is 12.4. The molecule has 1 aliphatic heterocycles. The average molecular weight is 301 g/mol. The van der Waals surface area contributed by atoms with Crippen molar-refractivity contribution in [2.24, 2.45) is 5.41 Å². The second-order valence-corrected chi connectivity index (χ2v) is 5.93. The second-order valence-electron chi connectivity index (χ2n) is 5.93. The summed E-state index contributed by atoms with van der Waals surface area (Å²) in [7, 11) is 2.04. The molecule has 1 rings (SSSR count). The van der Waals surface area contributed by atoms with Gasteiger partial charge in [0.05, 0.1) is 6.42 Å². The Kier molecular flexibility index (Phi) is 5.95. The molecule has 0 spiro atoms. The van der Waals surface area contributed by atoms with Crippen molar-refractivity contribution in [2.75, 3.05) is 26.7 Å². The van der Waals surface area contributed by atoms with Gasteiger partial charge >= 0.3 is 18.0 Å². The number of hydrogen-bond acceptors (Lipinski definition) is 4. The predicted octanol–water partition coefficient (Wildman–Crippen LogP) is -0.0546. The number of carboxylic acids is 2. The molecule has 21 heavy (non-hydrogen) atoms. The number of aliphatic carboxylic acids is 2. The van der Waals surface area contributed by atoms with Crippen LogP contribution in [0.15, 0.2) is 0 Å². The molecule has 1 fully saturated rings. The molecule has 0 aromatic carbocycles. The van der Waals surface area contributed by atoms with Crippen LogP contribution in [0.5, 0.6) is 0 Å². The summed E-state index contributed by atoms with van der Waals surface area (Å²) in [6.45, 7) is 4.42. The summed E-state index contributed by atoms with van der Waals surface area (Å²) in [5, 5.41) is 22.3. The highest BCUT2D eigenvalue weighted by atomic mass is 16.4. The van der Waals surface area contributed by atoms with Crippen LogP contribution >= 0.6 is 0 Å². The smallest absolute Gasteiger partial charge is 0.326 e. The van der Waals surface area contributed by atoms with Gasteiger partial charge in [-0.15, -0.1) is 0 Å². The zero-order chi connectivity index (χ0) is 16.0. The van der Waals surface area contributed by atoms with Crippen molar-refractivity contribution in [2.45, 2.75) is 32.2 Å². The van der Waals surface area contributed by atoms with Gasteiger partial charge in [-0.2, -0.15) is 0 Å². The highest BCUT2D eigenvalue weighted by Gasteiger charge is 2.30. The molecule has 1 atom stereocenters. The molecule has 0 aliphatic carbocycles. The zero-order valence-corrected chi connectivity index (χ0v) is 12.4. The number of likely N-dealkylation sites (tertiary alicyclic amines) is 1. The lowest BCUT2D eigenvalue weighted by Crippen LogP contribution is -2.50. The van der Waals surface area contributed by atoms with Crippen molar-refractivity contribution in [1.29, 1.82) is 0 Å². The van der Waals surface area contributed by atoms with Gasteiger partial charge in [-0.05, 0) is 38.4 Å². The average Bonchev–Trinajstić information content (AvgIpc) is 2.39.